The summed E-state index contributed by atoms with van der Waals surface area (Å²) in [5, 5.41) is 1.35. The summed E-state index contributed by atoms with van der Waals surface area (Å²) in [6.07, 6.45) is 0. The summed E-state index contributed by atoms with van der Waals surface area (Å²) in [5.74, 6) is -0.212. The van der Waals surface area contributed by atoms with Crippen LogP contribution < -0.4 is 19.7 Å². The van der Waals surface area contributed by atoms with Crippen molar-refractivity contribution in [2.75, 3.05) is 18.5 Å². The fraction of sp³-hybridized carbons (Fsp3) is 0.318. The largest absolute Gasteiger partial charge is 0.338 e. The summed E-state index contributed by atoms with van der Waals surface area (Å²) >= 11 is 8.59. The number of allylic oxidation sites excluding steroid dienone is 2. The predicted octanol–water partition coefficient (Wildman–Crippen LogP) is 2.69. The molecule has 2 aliphatic rings. The third-order valence-corrected chi connectivity index (χ3v) is 8.54. The average molecular weight is 473 g/mol. The van der Waals surface area contributed by atoms with Crippen molar-refractivity contribution >= 4 is 62.7 Å². The van der Waals surface area contributed by atoms with Crippen molar-refractivity contribution in [1.29, 1.82) is 0 Å². The lowest BCUT2D eigenvalue weighted by atomic mass is 10.3. The molecular weight excluding hydrogens is 448 g/mol. The fourth-order valence-electron chi connectivity index (χ4n) is 3.80. The molecule has 1 aromatic carbocycles. The van der Waals surface area contributed by atoms with Gasteiger partial charge in [0.1, 0.15) is 19.9 Å². The van der Waals surface area contributed by atoms with E-state index in [1.807, 2.05) is 37.3 Å². The zero-order chi connectivity index (χ0) is 22.4. The monoisotopic (exact) mass is 472 g/mol. The lowest BCUT2D eigenvalue weighted by molar-refractivity contribution is -0.112. The van der Waals surface area contributed by atoms with E-state index in [1.54, 1.807) is 28.3 Å². The third-order valence-electron chi connectivity index (χ3n) is 5.56. The van der Waals surface area contributed by atoms with Crippen molar-refractivity contribution in [3.8, 4) is 0 Å². The van der Waals surface area contributed by atoms with Crippen LogP contribution in [0.15, 0.2) is 45.7 Å². The van der Waals surface area contributed by atoms with E-state index in [1.165, 1.54) is 21.1 Å². The summed E-state index contributed by atoms with van der Waals surface area (Å²) < 4.78 is 2.99. The van der Waals surface area contributed by atoms with Gasteiger partial charge in [-0.1, -0.05) is 30.0 Å². The molecule has 0 spiro atoms. The average Bonchev–Trinajstić information content (AvgIpc) is 3.31. The highest BCUT2D eigenvalue weighted by atomic mass is 32.2. The van der Waals surface area contributed by atoms with Crippen molar-refractivity contribution in [2.45, 2.75) is 34.2 Å². The Morgan fingerprint density at radius 3 is 2.32 bits per heavy atom. The highest BCUT2D eigenvalue weighted by Gasteiger charge is 2.38. The van der Waals surface area contributed by atoms with Crippen molar-refractivity contribution in [3.05, 3.63) is 60.5 Å². The number of benzene rings is 1. The molecule has 1 amide bonds. The number of thioether (sulfide) groups is 1. The number of nitrogens with zero attached hydrogens (tertiary/aromatic N) is 4. The Morgan fingerprint density at radius 2 is 1.71 bits per heavy atom. The normalized spacial score (nSPS) is 20.6. The van der Waals surface area contributed by atoms with E-state index in [-0.39, 0.29) is 11.5 Å². The molecule has 6 nitrogen and oxygen atoms in total. The van der Waals surface area contributed by atoms with E-state index in [9.17, 15) is 9.59 Å². The SMILES string of the molecule is CCN1C(C)=C(C)S/C1=c1\s/c(=C2/C(=O)N(c3ccccc3)C(=S)N2C)n(CC)c1=O. The van der Waals surface area contributed by atoms with Crippen molar-refractivity contribution in [1.82, 2.24) is 14.4 Å². The summed E-state index contributed by atoms with van der Waals surface area (Å²) in [6.45, 7) is 9.41. The summed E-state index contributed by atoms with van der Waals surface area (Å²) in [7, 11) is 1.79. The van der Waals surface area contributed by atoms with Crippen LogP contribution in [-0.2, 0) is 11.3 Å². The number of para-hydroxylation sites is 1. The van der Waals surface area contributed by atoms with E-state index in [2.05, 4.69) is 25.7 Å². The first-order valence-electron chi connectivity index (χ1n) is 10.1. The number of carbonyl (C=O) groups is 1. The van der Waals surface area contributed by atoms with Gasteiger partial charge in [-0.2, -0.15) is 0 Å². The molecule has 0 unspecified atom stereocenters. The van der Waals surface area contributed by atoms with Crippen LogP contribution in [0.25, 0.3) is 10.7 Å². The second kappa shape index (κ2) is 8.29. The lowest BCUT2D eigenvalue weighted by Crippen LogP contribution is -2.35. The van der Waals surface area contributed by atoms with Crippen LogP contribution in [0.1, 0.15) is 27.7 Å². The molecule has 9 heteroatoms. The number of likely N-dealkylation sites (N-methyl/N-ethyl adjacent to an activating group) is 1. The molecule has 0 atom stereocenters. The minimum atomic E-state index is -0.212. The van der Waals surface area contributed by atoms with Crippen molar-refractivity contribution in [3.63, 3.8) is 0 Å². The molecular formula is C22H24N4O2S3. The minimum absolute atomic E-state index is 0.0660. The Morgan fingerprint density at radius 1 is 1.03 bits per heavy atom. The quantitative estimate of drug-likeness (QED) is 0.641. The van der Waals surface area contributed by atoms with Gasteiger partial charge in [-0.25, -0.2) is 0 Å². The maximum absolute atomic E-state index is 13.5. The Bertz CT molecular complexity index is 1290. The first kappa shape index (κ1) is 21.9. The van der Waals surface area contributed by atoms with Gasteiger partial charge in [0, 0.05) is 30.7 Å². The molecule has 0 radical (unpaired) electrons. The van der Waals surface area contributed by atoms with Gasteiger partial charge in [0.25, 0.3) is 11.5 Å². The molecule has 162 valence electrons. The Labute approximate surface area is 194 Å². The molecule has 2 aliphatic heterocycles. The first-order chi connectivity index (χ1) is 14.8. The molecule has 2 aromatic rings. The smallest absolute Gasteiger partial charge is 0.284 e. The number of rotatable bonds is 3. The van der Waals surface area contributed by atoms with Gasteiger partial charge in [-0.05, 0) is 52.0 Å². The minimum Gasteiger partial charge on any atom is -0.338 e. The zero-order valence-electron chi connectivity index (χ0n) is 18.1. The number of amides is 1. The van der Waals surface area contributed by atoms with Gasteiger partial charge in [0.05, 0.1) is 5.69 Å². The molecule has 3 heterocycles. The lowest BCUT2D eigenvalue weighted by Gasteiger charge is -2.17. The first-order valence-corrected chi connectivity index (χ1v) is 12.1. The molecule has 0 bridgehead atoms. The standard InChI is InChI=1S/C22H24N4O2S3/c1-6-24-13(3)14(4)30-21(24)17-19(28)25(7-2)20(31-17)16-18(27)26(22(29)23(16)5)15-11-9-8-10-12-15/h8-12H,6-7H2,1-5H3/b20-16-,21-17-. The van der Waals surface area contributed by atoms with E-state index < -0.39 is 0 Å². The van der Waals surface area contributed by atoms with Crippen LogP contribution in [-0.4, -0.2) is 39.0 Å². The zero-order valence-corrected chi connectivity index (χ0v) is 20.6. The third kappa shape index (κ3) is 3.35. The Hall–Kier alpha value is -2.36. The maximum atomic E-state index is 13.5. The summed E-state index contributed by atoms with van der Waals surface area (Å²) in [6, 6.07) is 9.36. The van der Waals surface area contributed by atoms with Gasteiger partial charge >= 0.3 is 0 Å². The van der Waals surface area contributed by atoms with Crippen LogP contribution in [0.5, 0.6) is 0 Å². The number of anilines is 1. The number of thiocarbonyl (C=S) groups is 1. The van der Waals surface area contributed by atoms with E-state index in [0.29, 0.717) is 26.5 Å². The number of hydrogen-bond donors (Lipinski definition) is 0. The second-order valence-corrected chi connectivity index (χ2v) is 9.81. The van der Waals surface area contributed by atoms with Gasteiger partial charge in [-0.15, -0.1) is 11.3 Å². The number of thiazole rings is 1. The topological polar surface area (TPSA) is 48.8 Å². The predicted molar refractivity (Wildman–Crippen MR) is 133 cm³/mol. The highest BCUT2D eigenvalue weighted by molar-refractivity contribution is 8.11. The van der Waals surface area contributed by atoms with E-state index in [4.69, 9.17) is 12.2 Å². The maximum Gasteiger partial charge on any atom is 0.284 e. The van der Waals surface area contributed by atoms with Crippen LogP contribution in [0, 0.1) is 0 Å². The molecule has 1 fully saturated rings. The van der Waals surface area contributed by atoms with E-state index in [0.717, 1.165) is 23.0 Å². The van der Waals surface area contributed by atoms with Gasteiger partial charge in [0.2, 0.25) is 0 Å². The van der Waals surface area contributed by atoms with Gasteiger partial charge in [-0.3, -0.25) is 19.1 Å². The number of hydrogen-bond acceptors (Lipinski definition) is 6. The molecule has 31 heavy (non-hydrogen) atoms. The van der Waals surface area contributed by atoms with E-state index >= 15 is 0 Å². The molecule has 0 N–H and O–H groups in total. The van der Waals surface area contributed by atoms with Gasteiger partial charge < -0.3 is 9.80 Å². The van der Waals surface area contributed by atoms with Crippen molar-refractivity contribution in [2.24, 2.45) is 0 Å². The van der Waals surface area contributed by atoms with Crippen LogP contribution in [0.3, 0.4) is 0 Å². The Balaban J connectivity index is 1.99. The Kier molecular flexibility index (Phi) is 5.85. The second-order valence-electron chi connectivity index (χ2n) is 7.25. The number of carbonyl (C=O) groups excluding carboxylic acids is 1. The highest BCUT2D eigenvalue weighted by Crippen LogP contribution is 2.40. The summed E-state index contributed by atoms with van der Waals surface area (Å²) in [4.78, 5) is 33.5. The molecule has 1 aromatic heterocycles. The molecule has 0 aliphatic carbocycles. The molecule has 1 saturated heterocycles. The number of aromatic nitrogens is 1. The van der Waals surface area contributed by atoms with Crippen molar-refractivity contribution < 1.29 is 4.79 Å². The molecule has 0 saturated carbocycles. The fourth-order valence-corrected chi connectivity index (χ4v) is 6.66. The van der Waals surface area contributed by atoms with Crippen LogP contribution in [0.4, 0.5) is 5.69 Å². The van der Waals surface area contributed by atoms with Crippen LogP contribution >= 0.6 is 35.3 Å². The van der Waals surface area contributed by atoms with Gasteiger partial charge in [0.15, 0.2) is 5.11 Å². The summed E-state index contributed by atoms with van der Waals surface area (Å²) in [5.41, 5.74) is 2.26. The van der Waals surface area contributed by atoms with Crippen LogP contribution in [0.2, 0.25) is 0 Å². The molecule has 4 rings (SSSR count).